The summed E-state index contributed by atoms with van der Waals surface area (Å²) in [5.74, 6) is -1.64. The van der Waals surface area contributed by atoms with Gasteiger partial charge in [-0.25, -0.2) is 0 Å². The molecule has 0 aromatic heterocycles. The van der Waals surface area contributed by atoms with Crippen LogP contribution in [0.15, 0.2) is 0 Å². The quantitative estimate of drug-likeness (QED) is 0.560. The fraction of sp³-hybridized carbons (Fsp3) is 0.714. The van der Waals surface area contributed by atoms with Gasteiger partial charge in [-0.2, -0.15) is 0 Å². The molecule has 5 heteroatoms. The first-order chi connectivity index (χ1) is 5.13. The molecule has 0 aliphatic heterocycles. The van der Waals surface area contributed by atoms with Crippen molar-refractivity contribution in [1.29, 1.82) is 0 Å². The maximum absolute atomic E-state index is 9.98. The van der Waals surface area contributed by atoms with Crippen LogP contribution in [0, 0.1) is 0 Å². The van der Waals surface area contributed by atoms with Crippen LogP contribution in [0.25, 0.3) is 0 Å². The molecule has 2 N–H and O–H groups in total. The fourth-order valence-electron chi connectivity index (χ4n) is 0.729. The van der Waals surface area contributed by atoms with E-state index < -0.39 is 11.9 Å². The largest absolute Gasteiger partial charge is 0.481 e. The third-order valence-corrected chi connectivity index (χ3v) is 1.28. The van der Waals surface area contributed by atoms with E-state index in [4.69, 9.17) is 10.2 Å². The van der Waals surface area contributed by atoms with Crippen molar-refractivity contribution in [3.8, 4) is 0 Å². The fourth-order valence-corrected chi connectivity index (χ4v) is 0.729. The van der Waals surface area contributed by atoms with Gasteiger partial charge in [-0.15, -0.1) is 0 Å². The zero-order chi connectivity index (χ0) is 8.69. The normalized spacial score (nSPS) is 8.67. The number of aliphatic carboxylic acids is 2. The van der Waals surface area contributed by atoms with Gasteiger partial charge in [0.05, 0.1) is 0 Å². The Labute approximate surface area is 111 Å². The molecule has 0 spiro atoms. The van der Waals surface area contributed by atoms with Gasteiger partial charge >= 0.3 is 11.9 Å². The van der Waals surface area contributed by atoms with Gasteiger partial charge in [0.25, 0.3) is 0 Å². The van der Waals surface area contributed by atoms with Crippen molar-refractivity contribution in [2.24, 2.45) is 0 Å². The van der Waals surface area contributed by atoms with Crippen molar-refractivity contribution in [2.45, 2.75) is 32.1 Å². The minimum atomic E-state index is -0.819. The second-order valence-corrected chi connectivity index (χ2v) is 2.35. The molecule has 0 saturated carbocycles. The summed E-state index contributed by atoms with van der Waals surface area (Å²) in [5, 5.41) is 16.4. The van der Waals surface area contributed by atoms with Crippen molar-refractivity contribution in [3.05, 3.63) is 0 Å². The zero-order valence-electron chi connectivity index (χ0n) is 6.95. The van der Waals surface area contributed by atoms with Crippen LogP contribution in [0.4, 0.5) is 0 Å². The number of carbonyl (C=O) groups is 2. The Bertz CT molecular complexity index is 130. The van der Waals surface area contributed by atoms with Crippen molar-refractivity contribution >= 4 is 60.8 Å². The molecule has 0 aliphatic carbocycles. The number of hydrogen-bond donors (Lipinski definition) is 2. The smallest absolute Gasteiger partial charge is 0.303 e. The predicted molar refractivity (Wildman–Crippen MR) is 44.1 cm³/mol. The van der Waals surface area contributed by atoms with Gasteiger partial charge in [0.15, 0.2) is 0 Å². The number of rotatable bonds is 6. The van der Waals surface area contributed by atoms with Crippen LogP contribution < -0.4 is 0 Å². The van der Waals surface area contributed by atoms with Crippen LogP contribution in [-0.2, 0) is 9.59 Å². The summed E-state index contributed by atoms with van der Waals surface area (Å²) < 4.78 is 0. The van der Waals surface area contributed by atoms with Crippen LogP contribution in [0.5, 0.6) is 0 Å². The Morgan fingerprint density at radius 2 is 1.17 bits per heavy atom. The second-order valence-electron chi connectivity index (χ2n) is 2.35. The van der Waals surface area contributed by atoms with E-state index >= 15 is 0 Å². The maximum atomic E-state index is 9.98. The van der Waals surface area contributed by atoms with Crippen molar-refractivity contribution < 1.29 is 19.8 Å². The summed E-state index contributed by atoms with van der Waals surface area (Å²) in [5.41, 5.74) is 0. The summed E-state index contributed by atoms with van der Waals surface area (Å²) in [4.78, 5) is 20.0. The van der Waals surface area contributed by atoms with Crippen LogP contribution >= 0.6 is 0 Å². The Balaban J connectivity index is 0. The Morgan fingerprint density at radius 1 is 0.833 bits per heavy atom. The van der Waals surface area contributed by atoms with Gasteiger partial charge in [-0.1, -0.05) is 6.42 Å². The number of hydrogen-bond acceptors (Lipinski definition) is 2. The molecule has 12 heavy (non-hydrogen) atoms. The van der Waals surface area contributed by atoms with Gasteiger partial charge in [0.1, 0.15) is 0 Å². The average Bonchev–Trinajstić information content (AvgIpc) is 1.85. The second kappa shape index (κ2) is 9.60. The van der Waals surface area contributed by atoms with E-state index in [1.165, 1.54) is 0 Å². The molecule has 0 fully saturated rings. The van der Waals surface area contributed by atoms with Crippen LogP contribution in [-0.4, -0.2) is 71.0 Å². The topological polar surface area (TPSA) is 74.6 Å². The molecule has 0 aliphatic rings. The van der Waals surface area contributed by atoms with E-state index in [1.54, 1.807) is 0 Å². The van der Waals surface area contributed by atoms with Gasteiger partial charge in [-0.05, 0) is 12.8 Å². The summed E-state index contributed by atoms with van der Waals surface area (Å²) in [6.07, 6.45) is 2.10. The number of unbranched alkanes of at least 4 members (excludes halogenated alkanes) is 2. The van der Waals surface area contributed by atoms with Crippen LogP contribution in [0.2, 0.25) is 0 Å². The van der Waals surface area contributed by atoms with E-state index in [-0.39, 0.29) is 61.7 Å². The third kappa shape index (κ3) is 13.1. The summed E-state index contributed by atoms with van der Waals surface area (Å²) in [6.45, 7) is 0. The summed E-state index contributed by atoms with van der Waals surface area (Å²) in [6, 6.07) is 0. The van der Waals surface area contributed by atoms with Gasteiger partial charge in [-0.3, -0.25) is 9.59 Å². The van der Waals surface area contributed by atoms with Crippen molar-refractivity contribution in [3.63, 3.8) is 0 Å². The molecule has 66 valence electrons. The SMILES string of the molecule is O=C(O)CCCCCC(=O)O.[Ba]. The molecule has 4 nitrogen and oxygen atoms in total. The molecule has 0 rings (SSSR count). The Kier molecular flexibility index (Phi) is 12.0. The van der Waals surface area contributed by atoms with Crippen LogP contribution in [0.1, 0.15) is 32.1 Å². The molecule has 0 atom stereocenters. The minimum Gasteiger partial charge on any atom is -0.481 e. The van der Waals surface area contributed by atoms with Crippen molar-refractivity contribution in [2.75, 3.05) is 0 Å². The monoisotopic (exact) mass is 298 g/mol. The standard InChI is InChI=1S/C7H12O4.Ba/c8-6(9)4-2-1-3-5-7(10)11;/h1-5H2,(H,8,9)(H,10,11);. The van der Waals surface area contributed by atoms with Gasteiger partial charge in [0, 0.05) is 61.7 Å². The minimum absolute atomic E-state index is 0. The van der Waals surface area contributed by atoms with Crippen molar-refractivity contribution in [1.82, 2.24) is 0 Å². The molecular weight excluding hydrogens is 285 g/mol. The van der Waals surface area contributed by atoms with E-state index in [9.17, 15) is 9.59 Å². The van der Waals surface area contributed by atoms with E-state index in [1.807, 2.05) is 0 Å². The first kappa shape index (κ1) is 15.0. The van der Waals surface area contributed by atoms with Gasteiger partial charge < -0.3 is 10.2 Å². The Hall–Kier alpha value is 0.511. The first-order valence-electron chi connectivity index (χ1n) is 3.56. The summed E-state index contributed by atoms with van der Waals surface area (Å²) >= 11 is 0. The molecule has 0 aromatic rings. The van der Waals surface area contributed by atoms with Crippen LogP contribution in [0.3, 0.4) is 0 Å². The summed E-state index contributed by atoms with van der Waals surface area (Å²) in [7, 11) is 0. The number of carboxylic acids is 2. The molecular formula is C7H12BaO4. The molecule has 0 bridgehead atoms. The van der Waals surface area contributed by atoms with Gasteiger partial charge in [0.2, 0.25) is 0 Å². The molecule has 2 radical (unpaired) electrons. The molecule has 0 heterocycles. The number of carboxylic acid groups (broad SMARTS) is 2. The van der Waals surface area contributed by atoms with E-state index in [2.05, 4.69) is 0 Å². The molecule has 0 aromatic carbocycles. The Morgan fingerprint density at radius 3 is 1.42 bits per heavy atom. The first-order valence-corrected chi connectivity index (χ1v) is 3.56. The van der Waals surface area contributed by atoms with E-state index in [0.29, 0.717) is 19.3 Å². The molecule has 0 saturated heterocycles. The zero-order valence-corrected chi connectivity index (χ0v) is 11.4. The van der Waals surface area contributed by atoms with E-state index in [0.717, 1.165) is 0 Å². The maximum Gasteiger partial charge on any atom is 0.303 e. The molecule has 0 unspecified atom stereocenters. The predicted octanol–water partition coefficient (Wildman–Crippen LogP) is 0.725. The average molecular weight is 297 g/mol. The third-order valence-electron chi connectivity index (χ3n) is 1.28. The molecule has 0 amide bonds.